The maximum atomic E-state index is 12.5. The van der Waals surface area contributed by atoms with Gasteiger partial charge in [0, 0.05) is 25.2 Å². The highest BCUT2D eigenvalue weighted by molar-refractivity contribution is 5.79. The number of aromatic nitrogens is 2. The van der Waals surface area contributed by atoms with E-state index in [-0.39, 0.29) is 11.8 Å². The van der Waals surface area contributed by atoms with Gasteiger partial charge < -0.3 is 19.8 Å². The highest BCUT2D eigenvalue weighted by Gasteiger charge is 2.26. The maximum absolute atomic E-state index is 12.5. The molecule has 1 aromatic heterocycles. The van der Waals surface area contributed by atoms with Crippen LogP contribution in [0.3, 0.4) is 0 Å². The van der Waals surface area contributed by atoms with E-state index in [2.05, 4.69) is 25.7 Å². The Morgan fingerprint density at radius 1 is 1.16 bits per heavy atom. The highest BCUT2D eigenvalue weighted by Crippen LogP contribution is 2.21. The molecule has 1 aliphatic rings. The summed E-state index contributed by atoms with van der Waals surface area (Å²) in [5.41, 5.74) is 0.344. The Morgan fingerprint density at radius 3 is 2.65 bits per heavy atom. The minimum atomic E-state index is -0.543. The molecule has 2 amide bonds. The normalized spacial score (nSPS) is 17.2. The number of amides is 2. The predicted molar refractivity (Wildman–Crippen MR) is 115 cm³/mol. The second kappa shape index (κ2) is 10.4. The maximum Gasteiger partial charge on any atom is 0.407 e. The van der Waals surface area contributed by atoms with Gasteiger partial charge >= 0.3 is 6.09 Å². The van der Waals surface area contributed by atoms with Crippen LogP contribution in [0, 0.1) is 5.92 Å². The zero-order valence-corrected chi connectivity index (χ0v) is 18.4. The molecule has 9 nitrogen and oxygen atoms in total. The summed E-state index contributed by atoms with van der Waals surface area (Å²) in [6.45, 7) is 8.13. The molecule has 0 spiro atoms. The van der Waals surface area contributed by atoms with Gasteiger partial charge in [0.15, 0.2) is 0 Å². The number of nitrogens with one attached hydrogen (secondary N) is 2. The van der Waals surface area contributed by atoms with Gasteiger partial charge in [-0.2, -0.15) is 0 Å². The third-order valence-corrected chi connectivity index (χ3v) is 4.82. The summed E-state index contributed by atoms with van der Waals surface area (Å²) in [6.07, 6.45) is 1.27. The number of likely N-dealkylation sites (tertiary alicyclic amines) is 1. The molecule has 2 aromatic rings. The van der Waals surface area contributed by atoms with Gasteiger partial charge in [0.1, 0.15) is 5.60 Å². The summed E-state index contributed by atoms with van der Waals surface area (Å²) in [6, 6.07) is 9.64. The second-order valence-corrected chi connectivity index (χ2v) is 8.66. The van der Waals surface area contributed by atoms with Crippen molar-refractivity contribution in [2.24, 2.45) is 5.92 Å². The molecular weight excluding hydrogens is 398 g/mol. The zero-order chi connectivity index (χ0) is 22.3. The van der Waals surface area contributed by atoms with Gasteiger partial charge in [-0.3, -0.25) is 9.69 Å². The Balaban J connectivity index is 1.41. The molecule has 2 heterocycles. The van der Waals surface area contributed by atoms with Crippen LogP contribution in [0.25, 0.3) is 11.5 Å². The largest absolute Gasteiger partial charge is 0.444 e. The van der Waals surface area contributed by atoms with E-state index in [9.17, 15) is 9.59 Å². The molecule has 0 bridgehead atoms. The molecule has 31 heavy (non-hydrogen) atoms. The molecule has 2 N–H and O–H groups in total. The standard InChI is InChI=1S/C22H31N5O4/c1-22(2,3)31-21(29)24-12-11-23-19(28)17-10-7-13-27(14-17)15-18-25-26-20(30-18)16-8-5-4-6-9-16/h4-6,8-9,17H,7,10-15H2,1-3H3,(H,23,28)(H,24,29). The minimum Gasteiger partial charge on any atom is -0.444 e. The van der Waals surface area contributed by atoms with Gasteiger partial charge in [0.05, 0.1) is 12.5 Å². The summed E-state index contributed by atoms with van der Waals surface area (Å²) in [7, 11) is 0. The summed E-state index contributed by atoms with van der Waals surface area (Å²) < 4.78 is 11.0. The number of alkyl carbamates (subject to hydrolysis) is 1. The number of nitrogens with zero attached hydrogens (tertiary/aromatic N) is 3. The van der Waals surface area contributed by atoms with Gasteiger partial charge in [0.2, 0.25) is 17.7 Å². The number of carbonyl (C=O) groups is 2. The number of benzene rings is 1. The Hall–Kier alpha value is -2.94. The fourth-order valence-electron chi connectivity index (χ4n) is 3.43. The fraction of sp³-hybridized carbons (Fsp3) is 0.545. The molecule has 1 aromatic carbocycles. The number of carbonyl (C=O) groups excluding carboxylic acids is 2. The van der Waals surface area contributed by atoms with Crippen LogP contribution in [-0.2, 0) is 16.1 Å². The Kier molecular flexibility index (Phi) is 7.62. The van der Waals surface area contributed by atoms with E-state index in [0.29, 0.717) is 38.0 Å². The van der Waals surface area contributed by atoms with Crippen molar-refractivity contribution in [2.45, 2.75) is 45.8 Å². The van der Waals surface area contributed by atoms with Crippen molar-refractivity contribution in [3.63, 3.8) is 0 Å². The lowest BCUT2D eigenvalue weighted by Crippen LogP contribution is -2.44. The van der Waals surface area contributed by atoms with Crippen molar-refractivity contribution in [2.75, 3.05) is 26.2 Å². The van der Waals surface area contributed by atoms with Gasteiger partial charge in [-0.05, 0) is 52.3 Å². The van der Waals surface area contributed by atoms with Crippen molar-refractivity contribution in [1.29, 1.82) is 0 Å². The van der Waals surface area contributed by atoms with Crippen LogP contribution >= 0.6 is 0 Å². The van der Waals surface area contributed by atoms with Crippen molar-refractivity contribution in [1.82, 2.24) is 25.7 Å². The molecule has 0 saturated carbocycles. The number of piperidine rings is 1. The van der Waals surface area contributed by atoms with E-state index in [1.165, 1.54) is 0 Å². The molecule has 1 fully saturated rings. The molecule has 1 saturated heterocycles. The molecule has 1 aliphatic heterocycles. The van der Waals surface area contributed by atoms with Crippen LogP contribution in [0.15, 0.2) is 34.7 Å². The van der Waals surface area contributed by atoms with Crippen LogP contribution in [0.4, 0.5) is 4.79 Å². The van der Waals surface area contributed by atoms with Crippen LogP contribution in [-0.4, -0.2) is 58.9 Å². The van der Waals surface area contributed by atoms with Gasteiger partial charge in [-0.1, -0.05) is 18.2 Å². The average Bonchev–Trinajstić information content (AvgIpc) is 3.19. The number of hydrogen-bond acceptors (Lipinski definition) is 7. The van der Waals surface area contributed by atoms with Crippen molar-refractivity contribution >= 4 is 12.0 Å². The summed E-state index contributed by atoms with van der Waals surface area (Å²) in [5, 5.41) is 13.8. The lowest BCUT2D eigenvalue weighted by atomic mass is 9.97. The lowest BCUT2D eigenvalue weighted by Gasteiger charge is -2.30. The highest BCUT2D eigenvalue weighted by atomic mass is 16.6. The molecule has 9 heteroatoms. The van der Waals surface area contributed by atoms with Crippen molar-refractivity contribution < 1.29 is 18.7 Å². The third-order valence-electron chi connectivity index (χ3n) is 4.82. The Labute approximate surface area is 182 Å². The SMILES string of the molecule is CC(C)(C)OC(=O)NCCNC(=O)C1CCCN(Cc2nnc(-c3ccccc3)o2)C1. The van der Waals surface area contributed by atoms with Crippen LogP contribution in [0.5, 0.6) is 0 Å². The van der Waals surface area contributed by atoms with E-state index >= 15 is 0 Å². The van der Waals surface area contributed by atoms with E-state index < -0.39 is 11.7 Å². The van der Waals surface area contributed by atoms with Gasteiger partial charge in [0.25, 0.3) is 0 Å². The molecule has 1 unspecified atom stereocenters. The molecule has 168 valence electrons. The molecule has 0 radical (unpaired) electrons. The first kappa shape index (κ1) is 22.7. The van der Waals surface area contributed by atoms with E-state index in [4.69, 9.17) is 9.15 Å². The van der Waals surface area contributed by atoms with E-state index in [0.717, 1.165) is 24.9 Å². The fourth-order valence-corrected chi connectivity index (χ4v) is 3.43. The summed E-state index contributed by atoms with van der Waals surface area (Å²) in [4.78, 5) is 26.3. The van der Waals surface area contributed by atoms with E-state index in [1.54, 1.807) is 20.8 Å². The molecule has 0 aliphatic carbocycles. The first-order valence-corrected chi connectivity index (χ1v) is 10.6. The molecule has 3 rings (SSSR count). The molecule has 1 atom stereocenters. The number of ether oxygens (including phenoxy) is 1. The van der Waals surface area contributed by atoms with Gasteiger partial charge in [-0.15, -0.1) is 10.2 Å². The van der Waals surface area contributed by atoms with Crippen molar-refractivity contribution in [3.05, 3.63) is 36.2 Å². The zero-order valence-electron chi connectivity index (χ0n) is 18.4. The van der Waals surface area contributed by atoms with Crippen LogP contribution in [0.1, 0.15) is 39.5 Å². The smallest absolute Gasteiger partial charge is 0.407 e. The second-order valence-electron chi connectivity index (χ2n) is 8.66. The summed E-state index contributed by atoms with van der Waals surface area (Å²) in [5.74, 6) is 0.929. The van der Waals surface area contributed by atoms with Crippen molar-refractivity contribution in [3.8, 4) is 11.5 Å². The van der Waals surface area contributed by atoms with Crippen LogP contribution in [0.2, 0.25) is 0 Å². The topological polar surface area (TPSA) is 110 Å². The average molecular weight is 430 g/mol. The Morgan fingerprint density at radius 2 is 1.90 bits per heavy atom. The quantitative estimate of drug-likeness (QED) is 0.651. The predicted octanol–water partition coefficient (Wildman–Crippen LogP) is 2.59. The van der Waals surface area contributed by atoms with E-state index in [1.807, 2.05) is 30.3 Å². The van der Waals surface area contributed by atoms with Gasteiger partial charge in [-0.25, -0.2) is 4.79 Å². The first-order chi connectivity index (χ1) is 14.8. The monoisotopic (exact) mass is 429 g/mol. The number of rotatable bonds is 7. The summed E-state index contributed by atoms with van der Waals surface area (Å²) >= 11 is 0. The first-order valence-electron chi connectivity index (χ1n) is 10.6. The number of hydrogen-bond donors (Lipinski definition) is 2. The van der Waals surface area contributed by atoms with Crippen LogP contribution < -0.4 is 10.6 Å². The lowest BCUT2D eigenvalue weighted by molar-refractivity contribution is -0.126. The Bertz CT molecular complexity index is 862. The third kappa shape index (κ3) is 7.36. The minimum absolute atomic E-state index is 0.00816. The molecular formula is C22H31N5O4.